The van der Waals surface area contributed by atoms with Crippen molar-refractivity contribution in [3.63, 3.8) is 0 Å². The minimum Gasteiger partial charge on any atom is -0.379 e. The summed E-state index contributed by atoms with van der Waals surface area (Å²) >= 11 is 0. The molecular weight excluding hydrogens is 178 g/mol. The molecule has 0 atom stereocenters. The molecule has 3 nitrogen and oxygen atoms in total. The van der Waals surface area contributed by atoms with E-state index in [4.69, 9.17) is 4.84 Å². The Labute approximate surface area is 76.1 Å². The Morgan fingerprint density at radius 3 is 2.92 bits per heavy atom. The van der Waals surface area contributed by atoms with Crippen LogP contribution in [-0.4, -0.2) is 5.91 Å². The summed E-state index contributed by atoms with van der Waals surface area (Å²) in [7, 11) is 0. The van der Waals surface area contributed by atoms with E-state index < -0.39 is 0 Å². The van der Waals surface area contributed by atoms with Gasteiger partial charge in [-0.3, -0.25) is 4.79 Å². The van der Waals surface area contributed by atoms with Crippen LogP contribution >= 0.6 is 12.4 Å². The molecular formula is C8H8ClNO2. The van der Waals surface area contributed by atoms with E-state index in [9.17, 15) is 4.79 Å². The minimum atomic E-state index is -0.0938. The summed E-state index contributed by atoms with van der Waals surface area (Å²) in [5.41, 5.74) is 3.24. The maximum Gasteiger partial charge on any atom is 0.257 e. The van der Waals surface area contributed by atoms with Gasteiger partial charge in [-0.05, 0) is 6.07 Å². The Balaban J connectivity index is 0.000000720. The van der Waals surface area contributed by atoms with Crippen molar-refractivity contribution in [1.29, 1.82) is 0 Å². The van der Waals surface area contributed by atoms with Crippen molar-refractivity contribution >= 4 is 18.3 Å². The fraction of sp³-hybridized carbons (Fsp3) is 0.125. The van der Waals surface area contributed by atoms with Crippen molar-refractivity contribution in [3.05, 3.63) is 29.8 Å². The van der Waals surface area contributed by atoms with Gasteiger partial charge in [-0.2, -0.15) is 5.48 Å². The molecule has 1 N–H and O–H groups in total. The summed E-state index contributed by atoms with van der Waals surface area (Å²) in [5, 5.41) is 0. The number of carbonyl (C=O) groups is 1. The number of para-hydroxylation sites is 1. The van der Waals surface area contributed by atoms with Crippen LogP contribution < -0.4 is 10.3 Å². The second kappa shape index (κ2) is 3.45. The normalized spacial score (nSPS) is 13.5. The van der Waals surface area contributed by atoms with Crippen LogP contribution in [0.15, 0.2) is 24.3 Å². The molecule has 2 rings (SSSR count). The first-order valence-corrected chi connectivity index (χ1v) is 3.40. The average Bonchev–Trinajstić information content (AvgIpc) is 2.04. The number of hydrogen-bond donors (Lipinski definition) is 1. The van der Waals surface area contributed by atoms with E-state index in [1.165, 1.54) is 0 Å². The average molecular weight is 186 g/mol. The number of benzene rings is 1. The highest BCUT2D eigenvalue weighted by atomic mass is 35.5. The fourth-order valence-electron chi connectivity index (χ4n) is 1.07. The second-order valence-corrected chi connectivity index (χ2v) is 2.41. The van der Waals surface area contributed by atoms with Crippen molar-refractivity contribution < 1.29 is 9.63 Å². The van der Waals surface area contributed by atoms with Crippen LogP contribution in [-0.2, 0) is 11.2 Å². The number of halogens is 1. The molecule has 0 saturated carbocycles. The van der Waals surface area contributed by atoms with E-state index >= 15 is 0 Å². The number of nitrogens with one attached hydrogen (secondary N) is 1. The highest BCUT2D eigenvalue weighted by Crippen LogP contribution is 2.19. The molecule has 0 aromatic heterocycles. The summed E-state index contributed by atoms with van der Waals surface area (Å²) in [4.78, 5) is 15.7. The molecule has 1 amide bonds. The Morgan fingerprint density at radius 1 is 1.33 bits per heavy atom. The highest BCUT2D eigenvalue weighted by molar-refractivity contribution is 5.85. The molecule has 0 spiro atoms. The summed E-state index contributed by atoms with van der Waals surface area (Å²) in [5.74, 6) is 0.649. The topological polar surface area (TPSA) is 38.3 Å². The van der Waals surface area contributed by atoms with Crippen LogP contribution in [0, 0.1) is 0 Å². The van der Waals surface area contributed by atoms with Gasteiger partial charge in [0.2, 0.25) is 0 Å². The molecule has 0 bridgehead atoms. The van der Waals surface area contributed by atoms with Crippen molar-refractivity contribution in [3.8, 4) is 5.75 Å². The summed E-state index contributed by atoms with van der Waals surface area (Å²) in [6, 6.07) is 7.47. The molecule has 0 aliphatic carbocycles. The largest absolute Gasteiger partial charge is 0.379 e. The molecule has 0 saturated heterocycles. The maximum atomic E-state index is 10.8. The lowest BCUT2D eigenvalue weighted by Gasteiger charge is -2.15. The van der Waals surface area contributed by atoms with Crippen LogP contribution in [0.2, 0.25) is 0 Å². The molecule has 12 heavy (non-hydrogen) atoms. The van der Waals surface area contributed by atoms with Crippen LogP contribution in [0.25, 0.3) is 0 Å². The Hall–Kier alpha value is -1.22. The predicted octanol–water partition coefficient (Wildman–Crippen LogP) is 1.07. The molecule has 4 heteroatoms. The lowest BCUT2D eigenvalue weighted by Crippen LogP contribution is -2.32. The van der Waals surface area contributed by atoms with Gasteiger partial charge in [0.25, 0.3) is 5.91 Å². The zero-order chi connectivity index (χ0) is 7.68. The molecule has 0 unspecified atom stereocenters. The third kappa shape index (κ3) is 1.51. The van der Waals surface area contributed by atoms with Crippen molar-refractivity contribution in [2.75, 3.05) is 0 Å². The first kappa shape index (κ1) is 8.87. The Bertz CT molecular complexity index is 301. The minimum absolute atomic E-state index is 0. The number of hydroxylamine groups is 1. The quantitative estimate of drug-likeness (QED) is 0.657. The van der Waals surface area contributed by atoms with E-state index in [0.717, 1.165) is 11.3 Å². The molecule has 0 radical (unpaired) electrons. The third-order valence-corrected chi connectivity index (χ3v) is 1.60. The SMILES string of the molecule is Cl.O=C1Cc2ccccc2ON1. The molecule has 64 valence electrons. The van der Waals surface area contributed by atoms with Crippen LogP contribution in [0.5, 0.6) is 5.75 Å². The monoisotopic (exact) mass is 185 g/mol. The van der Waals surface area contributed by atoms with E-state index in [1.54, 1.807) is 0 Å². The van der Waals surface area contributed by atoms with Gasteiger partial charge in [0.05, 0.1) is 6.42 Å². The van der Waals surface area contributed by atoms with Gasteiger partial charge in [-0.1, -0.05) is 18.2 Å². The highest BCUT2D eigenvalue weighted by Gasteiger charge is 2.14. The number of amides is 1. The van der Waals surface area contributed by atoms with E-state index in [2.05, 4.69) is 5.48 Å². The Kier molecular flexibility index (Phi) is 2.55. The number of hydrogen-bond acceptors (Lipinski definition) is 2. The van der Waals surface area contributed by atoms with Crippen LogP contribution in [0.3, 0.4) is 0 Å². The maximum absolute atomic E-state index is 10.8. The van der Waals surface area contributed by atoms with Crippen molar-refractivity contribution in [1.82, 2.24) is 5.48 Å². The van der Waals surface area contributed by atoms with E-state index in [-0.39, 0.29) is 18.3 Å². The summed E-state index contributed by atoms with van der Waals surface area (Å²) in [6.45, 7) is 0. The second-order valence-electron chi connectivity index (χ2n) is 2.41. The number of carbonyl (C=O) groups excluding carboxylic acids is 1. The predicted molar refractivity (Wildman–Crippen MR) is 46.2 cm³/mol. The van der Waals surface area contributed by atoms with Crippen LogP contribution in [0.1, 0.15) is 5.56 Å². The van der Waals surface area contributed by atoms with Gasteiger partial charge in [-0.25, -0.2) is 0 Å². The third-order valence-electron chi connectivity index (χ3n) is 1.60. The van der Waals surface area contributed by atoms with Gasteiger partial charge >= 0.3 is 0 Å². The Morgan fingerprint density at radius 2 is 2.08 bits per heavy atom. The number of rotatable bonds is 0. The van der Waals surface area contributed by atoms with E-state index in [0.29, 0.717) is 6.42 Å². The first-order valence-electron chi connectivity index (χ1n) is 3.40. The lowest BCUT2D eigenvalue weighted by molar-refractivity contribution is -0.128. The molecule has 1 aromatic carbocycles. The summed E-state index contributed by atoms with van der Waals surface area (Å²) in [6.07, 6.45) is 0.413. The fourth-order valence-corrected chi connectivity index (χ4v) is 1.07. The zero-order valence-electron chi connectivity index (χ0n) is 6.24. The molecule has 1 heterocycles. The van der Waals surface area contributed by atoms with Crippen molar-refractivity contribution in [2.24, 2.45) is 0 Å². The zero-order valence-corrected chi connectivity index (χ0v) is 7.06. The standard InChI is InChI=1S/C8H7NO2.ClH/c10-8-5-6-3-1-2-4-7(6)11-9-8;/h1-4H,5H2,(H,9,10);1H. The van der Waals surface area contributed by atoms with Gasteiger partial charge < -0.3 is 4.84 Å². The van der Waals surface area contributed by atoms with Gasteiger partial charge in [-0.15, -0.1) is 12.4 Å². The molecule has 1 aromatic rings. The lowest BCUT2D eigenvalue weighted by atomic mass is 10.1. The first-order chi connectivity index (χ1) is 5.36. The van der Waals surface area contributed by atoms with Gasteiger partial charge in [0.1, 0.15) is 0 Å². The molecule has 1 aliphatic heterocycles. The van der Waals surface area contributed by atoms with E-state index in [1.807, 2.05) is 24.3 Å². The van der Waals surface area contributed by atoms with Crippen molar-refractivity contribution in [2.45, 2.75) is 6.42 Å². The van der Waals surface area contributed by atoms with Crippen LogP contribution in [0.4, 0.5) is 0 Å². The van der Waals surface area contributed by atoms with Gasteiger partial charge in [0, 0.05) is 5.56 Å². The summed E-state index contributed by atoms with van der Waals surface area (Å²) < 4.78 is 0. The number of fused-ring (bicyclic) bond motifs is 1. The van der Waals surface area contributed by atoms with Gasteiger partial charge in [0.15, 0.2) is 5.75 Å². The molecule has 1 aliphatic rings. The smallest absolute Gasteiger partial charge is 0.257 e. The molecule has 0 fully saturated rings.